The molecule has 16 heteroatoms. The maximum Gasteiger partial charge on any atom is 0.385 e. The second-order valence-electron chi connectivity index (χ2n) is 7.75. The van der Waals surface area contributed by atoms with Gasteiger partial charge in [-0.3, -0.25) is 0 Å². The molecular formula is C19H22F16. The molecule has 0 aromatic carbocycles. The standard InChI is InChI=1S/C19H22F16/c1-3-5-7-8-9-11-13(22,23)15(26,27)17(30,31)19(34,35)18(32,33)16(28,29)14(24,25)12(20,21)10-6-4-2/h6,10H,3-5,7-9,11H2,1-2H3. The second kappa shape index (κ2) is 10.5. The molecule has 0 amide bonds. The van der Waals surface area contributed by atoms with Crippen molar-refractivity contribution in [3.05, 3.63) is 12.2 Å². The molecule has 35 heavy (non-hydrogen) atoms. The Balaban J connectivity index is 6.40. The fourth-order valence-electron chi connectivity index (χ4n) is 2.71. The highest BCUT2D eigenvalue weighted by Gasteiger charge is 2.94. The molecule has 0 heterocycles. The molecule has 0 spiro atoms. The summed E-state index contributed by atoms with van der Waals surface area (Å²) in [5.74, 6) is -60.5. The van der Waals surface area contributed by atoms with Crippen LogP contribution in [0, 0.1) is 0 Å². The Kier molecular flexibility index (Phi) is 10.1. The van der Waals surface area contributed by atoms with Gasteiger partial charge in [0.05, 0.1) is 0 Å². The largest absolute Gasteiger partial charge is 0.385 e. The topological polar surface area (TPSA) is 0 Å². The molecule has 0 aromatic heterocycles. The summed E-state index contributed by atoms with van der Waals surface area (Å²) in [5, 5.41) is 0. The van der Waals surface area contributed by atoms with E-state index in [4.69, 9.17) is 0 Å². The second-order valence-corrected chi connectivity index (χ2v) is 7.75. The van der Waals surface area contributed by atoms with Crippen molar-refractivity contribution in [2.45, 2.75) is 106 Å². The molecule has 0 nitrogen and oxygen atoms in total. The number of rotatable bonds is 15. The van der Waals surface area contributed by atoms with E-state index in [0.29, 0.717) is 12.8 Å². The molecule has 0 saturated heterocycles. The van der Waals surface area contributed by atoms with Crippen LogP contribution in [-0.2, 0) is 0 Å². The minimum absolute atomic E-state index is 0.00406. The minimum Gasteiger partial charge on any atom is -0.200 e. The summed E-state index contributed by atoms with van der Waals surface area (Å²) in [6, 6.07) is 0. The third-order valence-electron chi connectivity index (χ3n) is 5.01. The van der Waals surface area contributed by atoms with Crippen molar-refractivity contribution >= 4 is 0 Å². The zero-order valence-corrected chi connectivity index (χ0v) is 18.2. The van der Waals surface area contributed by atoms with Crippen LogP contribution in [0.15, 0.2) is 12.2 Å². The first-order chi connectivity index (χ1) is 15.4. The Morgan fingerprint density at radius 1 is 0.457 bits per heavy atom. The number of alkyl halides is 16. The number of unbranched alkanes of at least 4 members (excludes halogenated alkanes) is 4. The zero-order chi connectivity index (χ0) is 28.4. The van der Waals surface area contributed by atoms with Crippen LogP contribution in [0.4, 0.5) is 70.2 Å². The predicted octanol–water partition coefficient (Wildman–Crippen LogP) is 9.40. The van der Waals surface area contributed by atoms with Gasteiger partial charge in [-0.05, 0) is 18.9 Å². The third-order valence-corrected chi connectivity index (χ3v) is 5.01. The maximum absolute atomic E-state index is 13.8. The van der Waals surface area contributed by atoms with Gasteiger partial charge >= 0.3 is 47.4 Å². The van der Waals surface area contributed by atoms with E-state index in [1.165, 1.54) is 0 Å². The van der Waals surface area contributed by atoms with Gasteiger partial charge in [0, 0.05) is 6.42 Å². The van der Waals surface area contributed by atoms with Crippen LogP contribution < -0.4 is 0 Å². The first kappa shape index (κ1) is 33.6. The van der Waals surface area contributed by atoms with Crippen molar-refractivity contribution < 1.29 is 70.2 Å². The maximum atomic E-state index is 13.8. The number of allylic oxidation sites excluding steroid dienone is 2. The van der Waals surface area contributed by atoms with E-state index >= 15 is 0 Å². The van der Waals surface area contributed by atoms with Crippen molar-refractivity contribution in [1.29, 1.82) is 0 Å². The number of hydrogen-bond donors (Lipinski definition) is 0. The van der Waals surface area contributed by atoms with Gasteiger partial charge in [-0.1, -0.05) is 45.6 Å². The van der Waals surface area contributed by atoms with Gasteiger partial charge in [0.25, 0.3) is 0 Å². The van der Waals surface area contributed by atoms with E-state index in [2.05, 4.69) is 0 Å². The Morgan fingerprint density at radius 3 is 1.23 bits per heavy atom. The highest BCUT2D eigenvalue weighted by atomic mass is 19.4. The molecule has 0 aliphatic heterocycles. The monoisotopic (exact) mass is 554 g/mol. The van der Waals surface area contributed by atoms with Crippen molar-refractivity contribution in [1.82, 2.24) is 0 Å². The summed E-state index contributed by atoms with van der Waals surface area (Å²) < 4.78 is 219. The Hall–Kier alpha value is -1.38. The molecule has 0 atom stereocenters. The van der Waals surface area contributed by atoms with Crippen molar-refractivity contribution in [2.75, 3.05) is 0 Å². The quantitative estimate of drug-likeness (QED) is 0.108. The van der Waals surface area contributed by atoms with E-state index in [0.717, 1.165) is 6.92 Å². The average molecular weight is 554 g/mol. The lowest BCUT2D eigenvalue weighted by Crippen LogP contribution is -2.74. The molecule has 0 bridgehead atoms. The van der Waals surface area contributed by atoms with Crippen LogP contribution in [0.5, 0.6) is 0 Å². The van der Waals surface area contributed by atoms with Gasteiger partial charge in [0.15, 0.2) is 0 Å². The Bertz CT molecular complexity index is 708. The average Bonchev–Trinajstić information content (AvgIpc) is 2.70. The van der Waals surface area contributed by atoms with E-state index in [1.807, 2.05) is 0 Å². The first-order valence-electron chi connectivity index (χ1n) is 10.1. The van der Waals surface area contributed by atoms with Gasteiger partial charge < -0.3 is 0 Å². The lowest BCUT2D eigenvalue weighted by Gasteiger charge is -2.43. The molecule has 0 unspecified atom stereocenters. The Labute approximate surface area is 189 Å². The van der Waals surface area contributed by atoms with Crippen molar-refractivity contribution in [3.63, 3.8) is 0 Å². The van der Waals surface area contributed by atoms with Gasteiger partial charge in [0.1, 0.15) is 0 Å². The third kappa shape index (κ3) is 5.49. The van der Waals surface area contributed by atoms with Crippen LogP contribution in [0.2, 0.25) is 0 Å². The van der Waals surface area contributed by atoms with Crippen LogP contribution >= 0.6 is 0 Å². The minimum atomic E-state index is -8.36. The molecule has 0 N–H and O–H groups in total. The van der Waals surface area contributed by atoms with Crippen LogP contribution in [-0.4, -0.2) is 47.4 Å². The molecule has 0 saturated carbocycles. The van der Waals surface area contributed by atoms with Crippen LogP contribution in [0.25, 0.3) is 0 Å². The van der Waals surface area contributed by atoms with Gasteiger partial charge in [0.2, 0.25) is 0 Å². The summed E-state index contributed by atoms with van der Waals surface area (Å²) in [6.07, 6.45) is -4.35. The lowest BCUT2D eigenvalue weighted by molar-refractivity contribution is -0.451. The number of halogens is 16. The molecule has 0 aliphatic rings. The summed E-state index contributed by atoms with van der Waals surface area (Å²) in [4.78, 5) is 0. The normalized spacial score (nSPS) is 15.8. The number of hydrogen-bond acceptors (Lipinski definition) is 0. The lowest BCUT2D eigenvalue weighted by atomic mass is 9.86. The molecular weight excluding hydrogens is 532 g/mol. The first-order valence-corrected chi connectivity index (χ1v) is 10.1. The SMILES string of the molecule is CCC=CC(F)(F)C(F)(F)C(F)(F)C(F)(F)C(F)(F)C(F)(F)C(F)(F)C(F)(F)CCCCCCC. The molecule has 0 fully saturated rings. The van der Waals surface area contributed by atoms with E-state index in [-0.39, 0.29) is 18.9 Å². The van der Waals surface area contributed by atoms with E-state index in [9.17, 15) is 70.2 Å². The van der Waals surface area contributed by atoms with Crippen molar-refractivity contribution in [2.24, 2.45) is 0 Å². The molecule has 0 aliphatic carbocycles. The zero-order valence-electron chi connectivity index (χ0n) is 18.2. The van der Waals surface area contributed by atoms with Gasteiger partial charge in [-0.2, -0.15) is 70.2 Å². The molecule has 210 valence electrons. The Morgan fingerprint density at radius 2 is 0.829 bits per heavy atom. The van der Waals surface area contributed by atoms with Crippen molar-refractivity contribution in [3.8, 4) is 0 Å². The molecule has 0 rings (SSSR count). The van der Waals surface area contributed by atoms with Gasteiger partial charge in [-0.15, -0.1) is 0 Å². The summed E-state index contributed by atoms with van der Waals surface area (Å²) in [7, 11) is 0. The van der Waals surface area contributed by atoms with Crippen LogP contribution in [0.1, 0.15) is 58.8 Å². The summed E-state index contributed by atoms with van der Waals surface area (Å²) >= 11 is 0. The van der Waals surface area contributed by atoms with E-state index < -0.39 is 72.7 Å². The summed E-state index contributed by atoms with van der Waals surface area (Å²) in [6.45, 7) is 2.58. The van der Waals surface area contributed by atoms with Crippen LogP contribution in [0.3, 0.4) is 0 Å². The fraction of sp³-hybridized carbons (Fsp3) is 0.895. The predicted molar refractivity (Wildman–Crippen MR) is 92.4 cm³/mol. The highest BCUT2D eigenvalue weighted by Crippen LogP contribution is 2.64. The molecule has 0 radical (unpaired) electrons. The highest BCUT2D eigenvalue weighted by molar-refractivity contribution is 5.18. The van der Waals surface area contributed by atoms with E-state index in [1.54, 1.807) is 6.92 Å². The fourth-order valence-corrected chi connectivity index (χ4v) is 2.71. The summed E-state index contributed by atoms with van der Waals surface area (Å²) in [5.41, 5.74) is 0. The van der Waals surface area contributed by atoms with Gasteiger partial charge in [-0.25, -0.2) is 0 Å². The smallest absolute Gasteiger partial charge is 0.200 e. The molecule has 0 aromatic rings.